The maximum atomic E-state index is 13.2. The maximum absolute atomic E-state index is 13.2. The first-order chi connectivity index (χ1) is 16.9. The number of carbonyl (C=O) groups is 2. The van der Waals surface area contributed by atoms with E-state index in [0.717, 1.165) is 17.6 Å². The minimum absolute atomic E-state index is 0.120. The second-order valence-corrected chi connectivity index (χ2v) is 11.1. The molecule has 3 N–H and O–H groups in total. The van der Waals surface area contributed by atoms with E-state index in [9.17, 15) is 24.9 Å². The lowest BCUT2D eigenvalue weighted by atomic mass is 9.73. The van der Waals surface area contributed by atoms with E-state index in [2.05, 4.69) is 4.98 Å². The van der Waals surface area contributed by atoms with Crippen LogP contribution in [0.1, 0.15) is 72.4 Å². The third-order valence-corrected chi connectivity index (χ3v) is 7.97. The van der Waals surface area contributed by atoms with E-state index >= 15 is 0 Å². The number of aliphatic hydroxyl groups is 3. The third-order valence-electron chi connectivity index (χ3n) is 7.15. The van der Waals surface area contributed by atoms with E-state index in [-0.39, 0.29) is 24.7 Å². The molecule has 8 nitrogen and oxygen atoms in total. The topological polar surface area (TPSA) is 126 Å². The lowest BCUT2D eigenvalue weighted by molar-refractivity contribution is -0.154. The molecule has 5 atom stereocenters. The van der Waals surface area contributed by atoms with E-state index in [4.69, 9.17) is 9.47 Å². The number of Topliss-reactive ketones (excluding diaryl/α,β-unsaturated/α-hetero) is 1. The van der Waals surface area contributed by atoms with Crippen LogP contribution < -0.4 is 4.74 Å². The van der Waals surface area contributed by atoms with E-state index in [1.807, 2.05) is 31.4 Å². The number of ketones is 1. The van der Waals surface area contributed by atoms with Gasteiger partial charge in [-0.25, -0.2) is 4.98 Å². The second-order valence-electron chi connectivity index (χ2n) is 10.3. The minimum atomic E-state index is -1.27. The molecule has 0 radical (unpaired) electrons. The highest BCUT2D eigenvalue weighted by atomic mass is 32.1. The number of hydrogen-bond acceptors (Lipinski definition) is 9. The Morgan fingerprint density at radius 1 is 1.31 bits per heavy atom. The molecule has 1 aliphatic heterocycles. The maximum Gasteiger partial charge on any atom is 0.309 e. The lowest BCUT2D eigenvalue weighted by Crippen LogP contribution is -2.45. The Hall–Kier alpha value is -2.07. The van der Waals surface area contributed by atoms with Crippen molar-refractivity contribution in [2.75, 3.05) is 13.7 Å². The molecule has 0 aromatic carbocycles. The van der Waals surface area contributed by atoms with Crippen molar-refractivity contribution in [3.8, 4) is 5.19 Å². The summed E-state index contributed by atoms with van der Waals surface area (Å²) >= 11 is 1.36. The zero-order chi connectivity index (χ0) is 27.0. The largest absolute Gasteiger partial charge is 0.473 e. The molecule has 0 spiro atoms. The number of methoxy groups -OCH3 is 1. The van der Waals surface area contributed by atoms with E-state index < -0.39 is 35.6 Å². The third kappa shape index (κ3) is 7.96. The molecule has 0 fully saturated rings. The van der Waals surface area contributed by atoms with Gasteiger partial charge in [0, 0.05) is 17.7 Å². The van der Waals surface area contributed by atoms with Crippen molar-refractivity contribution in [2.24, 2.45) is 17.3 Å². The number of esters is 1. The molecule has 1 aromatic rings. The number of nitrogens with zero attached hydrogens (tertiary/aromatic N) is 1. The van der Waals surface area contributed by atoms with Gasteiger partial charge in [-0.15, -0.1) is 0 Å². The van der Waals surface area contributed by atoms with Gasteiger partial charge in [0.2, 0.25) is 0 Å². The summed E-state index contributed by atoms with van der Waals surface area (Å²) in [6.07, 6.45) is 2.96. The van der Waals surface area contributed by atoms with E-state index in [0.29, 0.717) is 30.2 Å². The van der Waals surface area contributed by atoms with Crippen LogP contribution >= 0.6 is 11.3 Å². The Morgan fingerprint density at radius 3 is 2.61 bits per heavy atom. The number of carbonyl (C=O) groups excluding carboxylic acids is 2. The Morgan fingerprint density at radius 2 is 2.00 bits per heavy atom. The first-order valence-corrected chi connectivity index (χ1v) is 13.3. The fraction of sp³-hybridized carbons (Fsp3) is 0.667. The van der Waals surface area contributed by atoms with Crippen LogP contribution in [0, 0.1) is 17.3 Å². The molecule has 0 bridgehead atoms. The summed E-state index contributed by atoms with van der Waals surface area (Å²) in [6, 6.07) is 0. The molecule has 2 heterocycles. The van der Waals surface area contributed by atoms with Crippen LogP contribution in [0.15, 0.2) is 22.6 Å². The highest BCUT2D eigenvalue weighted by Crippen LogP contribution is 2.32. The number of hydrogen-bond donors (Lipinski definition) is 3. The SMILES string of the molecule is COc1nc(/C=C(\C)[C@@H]2C/C=C(/CO)CCC[C@H](C)[C@H](O)[C@@H](C)C(=O)C(C)(C)[C@@H](O)CC(=O)O2)cs1. The molecule has 0 saturated carbocycles. The summed E-state index contributed by atoms with van der Waals surface area (Å²) < 4.78 is 10.9. The van der Waals surface area contributed by atoms with Crippen molar-refractivity contribution in [1.82, 2.24) is 4.98 Å². The predicted octanol–water partition coefficient (Wildman–Crippen LogP) is 3.94. The molecule has 0 unspecified atom stereocenters. The highest BCUT2D eigenvalue weighted by molar-refractivity contribution is 7.11. The van der Waals surface area contributed by atoms with Gasteiger partial charge in [-0.2, -0.15) is 0 Å². The van der Waals surface area contributed by atoms with Crippen LogP contribution in [0.3, 0.4) is 0 Å². The standard InChI is InChI=1S/C27H41NO7S/c1-16-8-7-9-19(14-29)10-11-21(17(2)12-20-15-36-26(28-20)34-6)35-23(31)13-22(30)27(4,5)25(33)18(3)24(16)32/h10,12,15-16,18,21-22,24,29-30,32H,7-9,11,13-14H2,1-6H3/b17-12+,19-10+/t16-,18+,21-,22-,24-/m0/s1. The van der Waals surface area contributed by atoms with Crippen LogP contribution in [-0.2, 0) is 14.3 Å². The first-order valence-electron chi connectivity index (χ1n) is 12.5. The summed E-state index contributed by atoms with van der Waals surface area (Å²) in [7, 11) is 1.55. The van der Waals surface area contributed by atoms with Crippen LogP contribution in [0.2, 0.25) is 0 Å². The van der Waals surface area contributed by atoms with Crippen LogP contribution in [0.4, 0.5) is 0 Å². The molecule has 1 aromatic heterocycles. The van der Waals surface area contributed by atoms with E-state index in [1.54, 1.807) is 27.9 Å². The van der Waals surface area contributed by atoms with Crippen LogP contribution in [0.25, 0.3) is 6.08 Å². The average Bonchev–Trinajstić information content (AvgIpc) is 3.30. The first kappa shape index (κ1) is 30.2. The van der Waals surface area contributed by atoms with Crippen molar-refractivity contribution >= 4 is 29.2 Å². The fourth-order valence-corrected chi connectivity index (χ4v) is 5.04. The molecule has 202 valence electrons. The molecule has 1 aliphatic rings. The number of thiazole rings is 1. The van der Waals surface area contributed by atoms with Crippen molar-refractivity contribution in [3.63, 3.8) is 0 Å². The summed E-state index contributed by atoms with van der Waals surface area (Å²) in [6.45, 7) is 8.47. The van der Waals surface area contributed by atoms with Gasteiger partial charge in [-0.3, -0.25) is 9.59 Å². The quantitative estimate of drug-likeness (QED) is 0.400. The summed E-state index contributed by atoms with van der Waals surface area (Å²) in [5.74, 6) is -1.77. The normalized spacial score (nSPS) is 30.9. The molecule has 2 rings (SSSR count). The van der Waals surface area contributed by atoms with Gasteiger partial charge in [-0.1, -0.05) is 45.1 Å². The van der Waals surface area contributed by atoms with Crippen LogP contribution in [-0.4, -0.2) is 64.1 Å². The summed E-state index contributed by atoms with van der Waals surface area (Å²) in [5, 5.41) is 33.8. The van der Waals surface area contributed by atoms with Crippen molar-refractivity contribution in [1.29, 1.82) is 0 Å². The molecule has 0 saturated heterocycles. The Kier molecular flexibility index (Phi) is 11.3. The van der Waals surface area contributed by atoms with Gasteiger partial charge in [0.1, 0.15) is 11.9 Å². The monoisotopic (exact) mass is 523 g/mol. The number of rotatable bonds is 4. The minimum Gasteiger partial charge on any atom is -0.473 e. The van der Waals surface area contributed by atoms with Gasteiger partial charge in [0.15, 0.2) is 0 Å². The molecular formula is C27H41NO7S. The summed E-state index contributed by atoms with van der Waals surface area (Å²) in [5.41, 5.74) is 1.01. The Bertz CT molecular complexity index is 952. The van der Waals surface area contributed by atoms with Gasteiger partial charge in [0.05, 0.1) is 43.5 Å². The van der Waals surface area contributed by atoms with Gasteiger partial charge in [-0.05, 0) is 49.3 Å². The molecule has 36 heavy (non-hydrogen) atoms. The zero-order valence-corrected chi connectivity index (χ0v) is 23.0. The molecule has 0 amide bonds. The van der Waals surface area contributed by atoms with Gasteiger partial charge >= 0.3 is 5.97 Å². The number of aliphatic hydroxyl groups excluding tert-OH is 3. The van der Waals surface area contributed by atoms with Crippen LogP contribution in [0.5, 0.6) is 5.19 Å². The molecule has 9 heteroatoms. The smallest absolute Gasteiger partial charge is 0.309 e. The van der Waals surface area contributed by atoms with E-state index in [1.165, 1.54) is 11.3 Å². The Balaban J connectivity index is 2.37. The predicted molar refractivity (Wildman–Crippen MR) is 140 cm³/mol. The lowest BCUT2D eigenvalue weighted by Gasteiger charge is -2.34. The van der Waals surface area contributed by atoms with Crippen molar-refractivity contribution in [3.05, 3.63) is 28.3 Å². The highest BCUT2D eigenvalue weighted by Gasteiger charge is 2.42. The number of ether oxygens (including phenoxy) is 2. The average molecular weight is 524 g/mol. The fourth-order valence-electron chi connectivity index (χ4n) is 4.44. The zero-order valence-electron chi connectivity index (χ0n) is 22.2. The number of cyclic esters (lactones) is 1. The van der Waals surface area contributed by atoms with Gasteiger partial charge < -0.3 is 24.8 Å². The van der Waals surface area contributed by atoms with Gasteiger partial charge in [0.25, 0.3) is 5.19 Å². The molecule has 0 aliphatic carbocycles. The number of aromatic nitrogens is 1. The molecular weight excluding hydrogens is 482 g/mol. The van der Waals surface area contributed by atoms with Crippen molar-refractivity contribution < 1.29 is 34.4 Å². The van der Waals surface area contributed by atoms with Crippen molar-refractivity contribution in [2.45, 2.75) is 85.0 Å². The Labute approximate surface area is 218 Å². The second kappa shape index (κ2) is 13.5. The summed E-state index contributed by atoms with van der Waals surface area (Å²) in [4.78, 5) is 30.4.